The zero-order valence-corrected chi connectivity index (χ0v) is 11.9. The second-order valence-corrected chi connectivity index (χ2v) is 5.74. The van der Waals surface area contributed by atoms with Crippen LogP contribution in [0, 0.1) is 5.41 Å². The normalized spacial score (nSPS) is 12.9. The van der Waals surface area contributed by atoms with E-state index in [0.717, 1.165) is 0 Å². The lowest BCUT2D eigenvalue weighted by Crippen LogP contribution is -2.46. The van der Waals surface area contributed by atoms with Crippen molar-refractivity contribution in [2.45, 2.75) is 26.8 Å². The molecule has 0 aromatic carbocycles. The summed E-state index contributed by atoms with van der Waals surface area (Å²) in [4.78, 5) is 28.5. The van der Waals surface area contributed by atoms with Crippen LogP contribution < -0.4 is 5.73 Å². The Morgan fingerprint density at radius 3 is 2.68 bits per heavy atom. The van der Waals surface area contributed by atoms with E-state index in [2.05, 4.69) is 4.98 Å². The molecule has 0 radical (unpaired) electrons. The fourth-order valence-electron chi connectivity index (χ4n) is 1.55. The SMILES string of the molecule is CN(CC(N)C(C)(C)C)C(=O)c1ccncc1C=O. The molecule has 104 valence electrons. The number of nitrogens with zero attached hydrogens (tertiary/aromatic N) is 2. The third-order valence-corrected chi connectivity index (χ3v) is 3.14. The molecule has 0 saturated carbocycles. The van der Waals surface area contributed by atoms with Crippen LogP contribution in [0.4, 0.5) is 0 Å². The van der Waals surface area contributed by atoms with Crippen molar-refractivity contribution >= 4 is 12.2 Å². The zero-order valence-electron chi connectivity index (χ0n) is 11.9. The zero-order chi connectivity index (χ0) is 14.6. The first-order valence-electron chi connectivity index (χ1n) is 6.17. The summed E-state index contributed by atoms with van der Waals surface area (Å²) < 4.78 is 0. The number of carbonyl (C=O) groups excluding carboxylic acids is 2. The van der Waals surface area contributed by atoms with Gasteiger partial charge in [-0.2, -0.15) is 0 Å². The van der Waals surface area contributed by atoms with Gasteiger partial charge in [-0.15, -0.1) is 0 Å². The van der Waals surface area contributed by atoms with Gasteiger partial charge in [-0.05, 0) is 11.5 Å². The number of likely N-dealkylation sites (N-methyl/N-ethyl adjacent to an activating group) is 1. The summed E-state index contributed by atoms with van der Waals surface area (Å²) in [6, 6.07) is 1.41. The van der Waals surface area contributed by atoms with E-state index in [1.54, 1.807) is 13.1 Å². The molecule has 1 atom stereocenters. The Kier molecular flexibility index (Phi) is 4.78. The predicted octanol–water partition coefficient (Wildman–Crippen LogP) is 1.34. The molecule has 1 amide bonds. The van der Waals surface area contributed by atoms with E-state index in [4.69, 9.17) is 5.73 Å². The molecule has 0 bridgehead atoms. The van der Waals surface area contributed by atoms with Gasteiger partial charge in [-0.3, -0.25) is 14.6 Å². The van der Waals surface area contributed by atoms with Crippen molar-refractivity contribution in [2.24, 2.45) is 11.1 Å². The topological polar surface area (TPSA) is 76.3 Å². The van der Waals surface area contributed by atoms with Crippen LogP contribution in [0.25, 0.3) is 0 Å². The Balaban J connectivity index is 2.86. The van der Waals surface area contributed by atoms with E-state index in [9.17, 15) is 9.59 Å². The molecule has 1 unspecified atom stereocenters. The summed E-state index contributed by atoms with van der Waals surface area (Å²) in [6.45, 7) is 6.51. The van der Waals surface area contributed by atoms with Gasteiger partial charge in [0, 0.05) is 37.6 Å². The number of aldehydes is 1. The Morgan fingerprint density at radius 1 is 1.53 bits per heavy atom. The molecule has 1 heterocycles. The van der Waals surface area contributed by atoms with Gasteiger partial charge < -0.3 is 10.6 Å². The highest BCUT2D eigenvalue weighted by atomic mass is 16.2. The van der Waals surface area contributed by atoms with Gasteiger partial charge in [0.25, 0.3) is 5.91 Å². The highest BCUT2D eigenvalue weighted by Crippen LogP contribution is 2.18. The monoisotopic (exact) mass is 263 g/mol. The Bertz CT molecular complexity index is 466. The average Bonchev–Trinajstić information content (AvgIpc) is 2.36. The second kappa shape index (κ2) is 5.93. The number of hydrogen-bond acceptors (Lipinski definition) is 4. The third kappa shape index (κ3) is 3.86. The number of aromatic nitrogens is 1. The second-order valence-electron chi connectivity index (χ2n) is 5.74. The van der Waals surface area contributed by atoms with Gasteiger partial charge >= 0.3 is 0 Å². The molecule has 19 heavy (non-hydrogen) atoms. The standard InChI is InChI=1S/C14H21N3O2/c1-14(2,3)12(15)8-17(4)13(19)11-5-6-16-7-10(11)9-18/h5-7,9,12H,8,15H2,1-4H3. The van der Waals surface area contributed by atoms with Gasteiger partial charge in [0.15, 0.2) is 6.29 Å². The molecule has 5 nitrogen and oxygen atoms in total. The number of carbonyl (C=O) groups is 2. The van der Waals surface area contributed by atoms with Crippen LogP contribution >= 0.6 is 0 Å². The van der Waals surface area contributed by atoms with Gasteiger partial charge in [0.2, 0.25) is 0 Å². The van der Waals surface area contributed by atoms with Crippen LogP contribution in [0.15, 0.2) is 18.5 Å². The molecule has 1 rings (SSSR count). The number of rotatable bonds is 4. The molecule has 0 aliphatic carbocycles. The summed E-state index contributed by atoms with van der Waals surface area (Å²) in [6.07, 6.45) is 3.52. The highest BCUT2D eigenvalue weighted by Gasteiger charge is 2.24. The fourth-order valence-corrected chi connectivity index (χ4v) is 1.55. The molecular formula is C14H21N3O2. The van der Waals surface area contributed by atoms with Crippen LogP contribution in [0.1, 0.15) is 41.5 Å². The van der Waals surface area contributed by atoms with Crippen molar-refractivity contribution in [1.82, 2.24) is 9.88 Å². The van der Waals surface area contributed by atoms with Gasteiger partial charge in [0.1, 0.15) is 0 Å². The largest absolute Gasteiger partial charge is 0.340 e. The molecule has 0 saturated heterocycles. The van der Waals surface area contributed by atoms with Crippen molar-refractivity contribution < 1.29 is 9.59 Å². The van der Waals surface area contributed by atoms with E-state index < -0.39 is 0 Å². The average molecular weight is 263 g/mol. The lowest BCUT2D eigenvalue weighted by Gasteiger charge is -2.31. The maximum atomic E-state index is 12.3. The Labute approximate surface area is 113 Å². The number of amides is 1. The van der Waals surface area contributed by atoms with Crippen molar-refractivity contribution in [1.29, 1.82) is 0 Å². The third-order valence-electron chi connectivity index (χ3n) is 3.14. The first-order chi connectivity index (χ1) is 8.77. The van der Waals surface area contributed by atoms with Crippen LogP contribution in [0.5, 0.6) is 0 Å². The molecule has 2 N–H and O–H groups in total. The number of nitrogens with two attached hydrogens (primary N) is 1. The maximum Gasteiger partial charge on any atom is 0.254 e. The minimum absolute atomic E-state index is 0.0831. The van der Waals surface area contributed by atoms with Gasteiger partial charge in [0.05, 0.1) is 5.56 Å². The molecule has 0 spiro atoms. The fraction of sp³-hybridized carbons (Fsp3) is 0.500. The van der Waals surface area contributed by atoms with E-state index in [-0.39, 0.29) is 17.4 Å². The van der Waals surface area contributed by atoms with Crippen LogP contribution in [-0.2, 0) is 0 Å². The van der Waals surface area contributed by atoms with Crippen molar-refractivity contribution in [3.8, 4) is 0 Å². The summed E-state index contributed by atoms with van der Waals surface area (Å²) in [5.41, 5.74) is 6.63. The quantitative estimate of drug-likeness (QED) is 0.832. The van der Waals surface area contributed by atoms with E-state index in [1.165, 1.54) is 17.3 Å². The number of pyridine rings is 1. The lowest BCUT2D eigenvalue weighted by atomic mass is 9.87. The molecule has 0 aliphatic rings. The van der Waals surface area contributed by atoms with E-state index in [0.29, 0.717) is 24.0 Å². The van der Waals surface area contributed by atoms with Crippen molar-refractivity contribution in [3.63, 3.8) is 0 Å². The van der Waals surface area contributed by atoms with E-state index in [1.807, 2.05) is 20.8 Å². The van der Waals surface area contributed by atoms with Crippen LogP contribution in [-0.4, -0.2) is 41.7 Å². The Hall–Kier alpha value is -1.75. The van der Waals surface area contributed by atoms with Gasteiger partial charge in [-0.25, -0.2) is 0 Å². The van der Waals surface area contributed by atoms with Gasteiger partial charge in [-0.1, -0.05) is 20.8 Å². The molecule has 5 heteroatoms. The lowest BCUT2D eigenvalue weighted by molar-refractivity contribution is 0.0763. The maximum absolute atomic E-state index is 12.3. The van der Waals surface area contributed by atoms with Crippen LogP contribution in [0.3, 0.4) is 0 Å². The summed E-state index contributed by atoms with van der Waals surface area (Å²) in [5.74, 6) is -0.218. The molecular weight excluding hydrogens is 242 g/mol. The molecule has 0 fully saturated rings. The van der Waals surface area contributed by atoms with E-state index >= 15 is 0 Å². The highest BCUT2D eigenvalue weighted by molar-refractivity contribution is 6.01. The Morgan fingerprint density at radius 2 is 2.16 bits per heavy atom. The predicted molar refractivity (Wildman–Crippen MR) is 74.0 cm³/mol. The molecule has 1 aromatic heterocycles. The smallest absolute Gasteiger partial charge is 0.254 e. The minimum atomic E-state index is -0.218. The summed E-state index contributed by atoms with van der Waals surface area (Å²) >= 11 is 0. The van der Waals surface area contributed by atoms with Crippen LogP contribution in [0.2, 0.25) is 0 Å². The number of hydrogen-bond donors (Lipinski definition) is 1. The summed E-state index contributed by atoms with van der Waals surface area (Å²) in [5, 5.41) is 0. The van der Waals surface area contributed by atoms with Crippen molar-refractivity contribution in [3.05, 3.63) is 29.6 Å². The molecule has 1 aromatic rings. The summed E-state index contributed by atoms with van der Waals surface area (Å²) in [7, 11) is 1.68. The first-order valence-corrected chi connectivity index (χ1v) is 6.17. The van der Waals surface area contributed by atoms with Crippen molar-refractivity contribution in [2.75, 3.05) is 13.6 Å². The minimum Gasteiger partial charge on any atom is -0.340 e. The molecule has 0 aliphatic heterocycles. The first kappa shape index (κ1) is 15.3.